The van der Waals surface area contributed by atoms with Crippen molar-refractivity contribution in [2.45, 2.75) is 25.3 Å². The second-order valence-corrected chi connectivity index (χ2v) is 11.1. The summed E-state index contributed by atoms with van der Waals surface area (Å²) in [5, 5.41) is 8.08. The van der Waals surface area contributed by atoms with E-state index in [1.165, 1.54) is 11.3 Å². The first kappa shape index (κ1) is 23.6. The number of thiazole rings is 1. The molecular weight excluding hydrogens is 501 g/mol. The van der Waals surface area contributed by atoms with Crippen molar-refractivity contribution >= 4 is 55.0 Å². The number of halogens is 2. The number of nitrogens with one attached hydrogen (secondary N) is 2. The number of piperazine rings is 1. The number of aromatic nitrogens is 3. The summed E-state index contributed by atoms with van der Waals surface area (Å²) in [5.74, 6) is 0.106. The predicted molar refractivity (Wildman–Crippen MR) is 144 cm³/mol. The lowest BCUT2D eigenvalue weighted by atomic mass is 10.0. The Hall–Kier alpha value is -2.79. The summed E-state index contributed by atoms with van der Waals surface area (Å²) >= 11 is 8.10. The summed E-state index contributed by atoms with van der Waals surface area (Å²) in [5.41, 5.74) is 7.42. The van der Waals surface area contributed by atoms with Gasteiger partial charge in [0.05, 0.1) is 15.2 Å². The summed E-state index contributed by atoms with van der Waals surface area (Å²) in [4.78, 5) is 15.9. The zero-order valence-electron chi connectivity index (χ0n) is 19.9. The number of rotatable bonds is 5. The molecule has 2 fully saturated rings. The second kappa shape index (κ2) is 9.26. The first-order valence-corrected chi connectivity index (χ1v) is 13.3. The van der Waals surface area contributed by atoms with E-state index in [4.69, 9.17) is 27.1 Å². The molecular formula is C25H27ClFN7OS. The van der Waals surface area contributed by atoms with Gasteiger partial charge < -0.3 is 26.0 Å². The van der Waals surface area contributed by atoms with E-state index in [1.54, 1.807) is 12.1 Å². The van der Waals surface area contributed by atoms with Gasteiger partial charge in [-0.05, 0) is 38.4 Å². The van der Waals surface area contributed by atoms with Crippen molar-refractivity contribution in [2.24, 2.45) is 0 Å². The molecule has 2 aliphatic heterocycles. The summed E-state index contributed by atoms with van der Waals surface area (Å²) in [6, 6.07) is 7.48. The zero-order chi connectivity index (χ0) is 24.9. The molecule has 0 radical (unpaired) electrons. The second-order valence-electron chi connectivity index (χ2n) is 9.59. The maximum absolute atomic E-state index is 16.4. The van der Waals surface area contributed by atoms with Crippen LogP contribution < -0.4 is 26.0 Å². The highest BCUT2D eigenvalue weighted by Crippen LogP contribution is 2.42. The van der Waals surface area contributed by atoms with E-state index in [9.17, 15) is 0 Å². The maximum atomic E-state index is 16.4. The third kappa shape index (κ3) is 4.21. The molecule has 1 atom stereocenters. The van der Waals surface area contributed by atoms with Crippen molar-refractivity contribution in [2.75, 3.05) is 50.0 Å². The van der Waals surface area contributed by atoms with Gasteiger partial charge in [0.25, 0.3) is 0 Å². The molecule has 0 unspecified atom stereocenters. The van der Waals surface area contributed by atoms with Crippen molar-refractivity contribution < 1.29 is 9.13 Å². The molecule has 2 saturated heterocycles. The van der Waals surface area contributed by atoms with E-state index >= 15 is 4.39 Å². The lowest BCUT2D eigenvalue weighted by Gasteiger charge is -2.30. The number of ether oxygens (including phenoxy) is 1. The van der Waals surface area contributed by atoms with Gasteiger partial charge in [-0.1, -0.05) is 35.1 Å². The Balaban J connectivity index is 1.51. The standard InChI is InChI=1S/C25H27ClFN7OS/c1-25(6-3-7-30-25)13-35-24-32-21-15(22(33-24)34-10-8-29-9-11-34)12-16(26)18(19(21)27)14-4-2-5-17-20(14)31-23(28)36-17/h2,4-5,12,29-30H,3,6-11,13H2,1H3,(H2,28,31)/t25-/m0/s1. The van der Waals surface area contributed by atoms with E-state index < -0.39 is 5.82 Å². The number of para-hydroxylation sites is 1. The fourth-order valence-corrected chi connectivity index (χ4v) is 6.12. The third-order valence-electron chi connectivity index (χ3n) is 6.94. The number of nitrogens with two attached hydrogens (primary N) is 1. The quantitative estimate of drug-likeness (QED) is 0.355. The lowest BCUT2D eigenvalue weighted by Crippen LogP contribution is -2.44. The van der Waals surface area contributed by atoms with Crippen LogP contribution in [0.5, 0.6) is 6.01 Å². The van der Waals surface area contributed by atoms with Crippen LogP contribution in [0.4, 0.5) is 15.3 Å². The van der Waals surface area contributed by atoms with Crippen LogP contribution in [0.1, 0.15) is 19.8 Å². The smallest absolute Gasteiger partial charge is 0.319 e. The minimum Gasteiger partial charge on any atom is -0.461 e. The number of hydrogen-bond acceptors (Lipinski definition) is 9. The van der Waals surface area contributed by atoms with Crippen molar-refractivity contribution in [1.29, 1.82) is 0 Å². The van der Waals surface area contributed by atoms with Crippen LogP contribution in [0.3, 0.4) is 0 Å². The van der Waals surface area contributed by atoms with Crippen LogP contribution in [-0.2, 0) is 0 Å². The van der Waals surface area contributed by atoms with Gasteiger partial charge in [0.15, 0.2) is 10.9 Å². The fraction of sp³-hybridized carbons (Fsp3) is 0.400. The molecule has 4 N–H and O–H groups in total. The van der Waals surface area contributed by atoms with Gasteiger partial charge in [-0.2, -0.15) is 9.97 Å². The Kier molecular flexibility index (Phi) is 6.07. The largest absolute Gasteiger partial charge is 0.461 e. The van der Waals surface area contributed by atoms with Gasteiger partial charge in [0.2, 0.25) is 0 Å². The molecule has 0 bridgehead atoms. The lowest BCUT2D eigenvalue weighted by molar-refractivity contribution is 0.199. The van der Waals surface area contributed by atoms with Crippen molar-refractivity contribution in [3.05, 3.63) is 35.1 Å². The van der Waals surface area contributed by atoms with Gasteiger partial charge in [-0.3, -0.25) is 0 Å². The molecule has 0 aliphatic carbocycles. The maximum Gasteiger partial charge on any atom is 0.319 e. The van der Waals surface area contributed by atoms with E-state index in [-0.39, 0.29) is 27.7 Å². The highest BCUT2D eigenvalue weighted by molar-refractivity contribution is 7.22. The molecule has 0 spiro atoms. The molecule has 11 heteroatoms. The Morgan fingerprint density at radius 3 is 2.81 bits per heavy atom. The van der Waals surface area contributed by atoms with E-state index in [0.717, 1.165) is 50.3 Å². The van der Waals surface area contributed by atoms with Crippen LogP contribution >= 0.6 is 22.9 Å². The first-order chi connectivity index (χ1) is 17.4. The average Bonchev–Trinajstić information content (AvgIpc) is 3.48. The average molecular weight is 528 g/mol. The van der Waals surface area contributed by atoms with Gasteiger partial charge in [-0.15, -0.1) is 0 Å². The van der Waals surface area contributed by atoms with E-state index in [1.807, 2.05) is 12.1 Å². The third-order valence-corrected chi connectivity index (χ3v) is 8.09. The molecule has 2 aromatic carbocycles. The molecule has 0 amide bonds. The highest BCUT2D eigenvalue weighted by Gasteiger charge is 2.30. The monoisotopic (exact) mass is 527 g/mol. The van der Waals surface area contributed by atoms with E-state index in [0.29, 0.717) is 34.0 Å². The van der Waals surface area contributed by atoms with Crippen molar-refractivity contribution in [3.63, 3.8) is 0 Å². The molecule has 4 aromatic rings. The van der Waals surface area contributed by atoms with Gasteiger partial charge in [0.1, 0.15) is 17.9 Å². The number of hydrogen-bond donors (Lipinski definition) is 3. The molecule has 0 saturated carbocycles. The number of nitrogens with zero attached hydrogens (tertiary/aromatic N) is 4. The number of fused-ring (bicyclic) bond motifs is 2. The molecule has 2 aromatic heterocycles. The highest BCUT2D eigenvalue weighted by atomic mass is 35.5. The molecule has 2 aliphatic rings. The van der Waals surface area contributed by atoms with Crippen LogP contribution in [0, 0.1) is 5.82 Å². The van der Waals surface area contributed by atoms with Crippen LogP contribution in [-0.4, -0.2) is 59.8 Å². The Bertz CT molecular complexity index is 1450. The molecule has 6 rings (SSSR count). The summed E-state index contributed by atoms with van der Waals surface area (Å²) < 4.78 is 23.3. The minimum absolute atomic E-state index is 0.155. The van der Waals surface area contributed by atoms with Crippen LogP contribution in [0.2, 0.25) is 5.02 Å². The predicted octanol–water partition coefficient (Wildman–Crippen LogP) is 4.21. The molecule has 188 valence electrons. The van der Waals surface area contributed by atoms with E-state index in [2.05, 4.69) is 32.4 Å². The van der Waals surface area contributed by atoms with Gasteiger partial charge in [-0.25, -0.2) is 9.37 Å². The summed E-state index contributed by atoms with van der Waals surface area (Å²) in [7, 11) is 0. The number of benzene rings is 2. The molecule has 4 heterocycles. The Morgan fingerprint density at radius 1 is 1.19 bits per heavy atom. The van der Waals surface area contributed by atoms with Gasteiger partial charge >= 0.3 is 6.01 Å². The molecule has 36 heavy (non-hydrogen) atoms. The van der Waals surface area contributed by atoms with Crippen LogP contribution in [0.25, 0.3) is 32.2 Å². The first-order valence-electron chi connectivity index (χ1n) is 12.1. The summed E-state index contributed by atoms with van der Waals surface area (Å²) in [6.07, 6.45) is 2.09. The van der Waals surface area contributed by atoms with Crippen molar-refractivity contribution in [1.82, 2.24) is 25.6 Å². The Morgan fingerprint density at radius 2 is 2.03 bits per heavy atom. The van der Waals surface area contributed by atoms with Gasteiger partial charge in [0, 0.05) is 48.2 Å². The zero-order valence-corrected chi connectivity index (χ0v) is 21.5. The number of nitrogen functional groups attached to an aromatic ring is 1. The normalized spacial score (nSPS) is 20.5. The minimum atomic E-state index is -0.523. The fourth-order valence-electron chi connectivity index (χ4n) is 5.06. The SMILES string of the molecule is C[C@@]1(COc2nc(N3CCNCC3)c3cc(Cl)c(-c4cccc5sc(N)nc45)c(F)c3n2)CCCN1. The Labute approximate surface area is 217 Å². The van der Waals surface area contributed by atoms with Crippen LogP contribution in [0.15, 0.2) is 24.3 Å². The topological polar surface area (TPSA) is 101 Å². The molecule has 8 nitrogen and oxygen atoms in total. The summed E-state index contributed by atoms with van der Waals surface area (Å²) in [6.45, 7) is 6.58. The number of anilines is 2. The van der Waals surface area contributed by atoms with Crippen molar-refractivity contribution in [3.8, 4) is 17.1 Å².